The maximum Gasteiger partial charge on any atom is 0.274 e. The van der Waals surface area contributed by atoms with Gasteiger partial charge in [-0.05, 0) is 42.9 Å². The number of fused-ring (bicyclic) bond motifs is 4. The molecule has 0 saturated carbocycles. The number of rotatable bonds is 7. The van der Waals surface area contributed by atoms with Crippen LogP contribution < -0.4 is 15.0 Å². The average Bonchev–Trinajstić information content (AvgIpc) is 3.68. The van der Waals surface area contributed by atoms with Crippen LogP contribution in [0.2, 0.25) is 0 Å². The third-order valence-electron chi connectivity index (χ3n) is 7.42. The highest BCUT2D eigenvalue weighted by Crippen LogP contribution is 2.46. The Labute approximate surface area is 229 Å². The molecule has 6 rings (SSSR count). The van der Waals surface area contributed by atoms with Crippen LogP contribution >= 0.6 is 11.6 Å². The van der Waals surface area contributed by atoms with E-state index in [0.29, 0.717) is 67.4 Å². The van der Waals surface area contributed by atoms with Gasteiger partial charge in [0.25, 0.3) is 11.8 Å². The molecular weight excluding hydrogens is 522 g/mol. The van der Waals surface area contributed by atoms with Crippen molar-refractivity contribution in [2.24, 2.45) is 0 Å². The third-order valence-corrected chi connectivity index (χ3v) is 7.79. The number of carbonyl (C=O) groups excluding carboxylic acids is 2. The zero-order chi connectivity index (χ0) is 27.1. The van der Waals surface area contributed by atoms with Gasteiger partial charge in [0.05, 0.1) is 24.4 Å². The third kappa shape index (κ3) is 4.58. The van der Waals surface area contributed by atoms with Crippen molar-refractivity contribution in [3.05, 3.63) is 53.3 Å². The minimum atomic E-state index is -0.225. The summed E-state index contributed by atoms with van der Waals surface area (Å²) in [6.07, 6.45) is 0. The minimum absolute atomic E-state index is 0.0298. The van der Waals surface area contributed by atoms with Crippen LogP contribution in [0.15, 0.2) is 36.4 Å². The number of alkyl halides is 1. The number of amides is 2. The molecule has 0 unspecified atom stereocenters. The van der Waals surface area contributed by atoms with Crippen LogP contribution in [0, 0.1) is 0 Å². The molecule has 39 heavy (non-hydrogen) atoms. The lowest BCUT2D eigenvalue weighted by atomic mass is 9.98. The van der Waals surface area contributed by atoms with Crippen LogP contribution in [0.4, 0.5) is 5.69 Å². The first-order valence-electron chi connectivity index (χ1n) is 13.0. The highest BCUT2D eigenvalue weighted by atomic mass is 35.5. The summed E-state index contributed by atoms with van der Waals surface area (Å²) < 4.78 is 11.1. The van der Waals surface area contributed by atoms with E-state index in [1.807, 2.05) is 31.3 Å². The monoisotopic (exact) mass is 551 g/mol. The van der Waals surface area contributed by atoms with Crippen molar-refractivity contribution in [3.63, 3.8) is 0 Å². The van der Waals surface area contributed by atoms with Crippen molar-refractivity contribution in [1.82, 2.24) is 20.2 Å². The summed E-state index contributed by atoms with van der Waals surface area (Å²) in [5.41, 5.74) is 3.54. The molecule has 2 aromatic carbocycles. The van der Waals surface area contributed by atoms with Gasteiger partial charge < -0.3 is 39.7 Å². The molecule has 0 spiro atoms. The molecule has 2 aromatic heterocycles. The molecule has 0 aliphatic carbocycles. The lowest BCUT2D eigenvalue weighted by Crippen LogP contribution is -2.40. The second kappa shape index (κ2) is 10.4. The van der Waals surface area contributed by atoms with Gasteiger partial charge in [-0.25, -0.2) is 0 Å². The van der Waals surface area contributed by atoms with Gasteiger partial charge in [-0.3, -0.25) is 9.59 Å². The molecule has 11 heteroatoms. The largest absolute Gasteiger partial charge is 0.506 e. The van der Waals surface area contributed by atoms with Crippen molar-refractivity contribution in [2.45, 2.75) is 5.92 Å². The number of H-pyrrole nitrogens is 2. The molecule has 1 saturated heterocycles. The Kier molecular flexibility index (Phi) is 6.84. The van der Waals surface area contributed by atoms with Gasteiger partial charge in [0.2, 0.25) is 0 Å². The summed E-state index contributed by atoms with van der Waals surface area (Å²) in [6.45, 7) is 3.65. The van der Waals surface area contributed by atoms with Crippen LogP contribution in [-0.4, -0.2) is 90.7 Å². The molecule has 4 aromatic rings. The maximum atomic E-state index is 13.8. The topological polar surface area (TPSA) is 123 Å². The highest BCUT2D eigenvalue weighted by molar-refractivity contribution is 6.19. The normalized spacial score (nSPS) is 17.2. The summed E-state index contributed by atoms with van der Waals surface area (Å²) in [7, 11) is 1.87. The first kappa shape index (κ1) is 25.5. The van der Waals surface area contributed by atoms with Crippen LogP contribution in [0.5, 0.6) is 11.5 Å². The molecule has 0 radical (unpaired) electrons. The molecule has 2 amide bonds. The van der Waals surface area contributed by atoms with E-state index < -0.39 is 0 Å². The fourth-order valence-corrected chi connectivity index (χ4v) is 5.70. The number of hydrogen-bond acceptors (Lipinski definition) is 6. The van der Waals surface area contributed by atoms with Crippen molar-refractivity contribution >= 4 is 50.9 Å². The number of anilines is 1. The summed E-state index contributed by atoms with van der Waals surface area (Å²) >= 11 is 6.39. The molecule has 2 aliphatic heterocycles. The Hall–Kier alpha value is -3.73. The summed E-state index contributed by atoms with van der Waals surface area (Å²) in [5, 5.41) is 15.5. The van der Waals surface area contributed by atoms with Crippen molar-refractivity contribution in [1.29, 1.82) is 0 Å². The number of phenolic OH excluding ortho intramolecular Hbond substituents is 1. The number of nitrogens with zero attached hydrogens (tertiary/aromatic N) is 2. The van der Waals surface area contributed by atoms with E-state index in [4.69, 9.17) is 21.1 Å². The number of aromatic hydroxyl groups is 1. The van der Waals surface area contributed by atoms with E-state index >= 15 is 0 Å². The average molecular weight is 552 g/mol. The quantitative estimate of drug-likeness (QED) is 0.206. The zero-order valence-corrected chi connectivity index (χ0v) is 22.3. The van der Waals surface area contributed by atoms with Gasteiger partial charge in [-0.1, -0.05) is 0 Å². The number of phenols is 1. The molecule has 0 bridgehead atoms. The number of benzene rings is 2. The zero-order valence-electron chi connectivity index (χ0n) is 21.6. The predicted octanol–water partition coefficient (Wildman–Crippen LogP) is 3.41. The van der Waals surface area contributed by atoms with Crippen molar-refractivity contribution in [2.75, 3.05) is 63.8 Å². The van der Waals surface area contributed by atoms with Gasteiger partial charge in [-0.2, -0.15) is 0 Å². The fraction of sp³-hybridized carbons (Fsp3) is 0.357. The van der Waals surface area contributed by atoms with E-state index in [-0.39, 0.29) is 29.4 Å². The smallest absolute Gasteiger partial charge is 0.274 e. The van der Waals surface area contributed by atoms with Crippen LogP contribution in [-0.2, 0) is 4.74 Å². The van der Waals surface area contributed by atoms with Gasteiger partial charge in [0.15, 0.2) is 0 Å². The Morgan fingerprint density at radius 3 is 2.69 bits per heavy atom. The summed E-state index contributed by atoms with van der Waals surface area (Å²) in [6, 6.07) is 10.8. The fourth-order valence-electron chi connectivity index (χ4n) is 5.45. The number of nitrogens with one attached hydrogen (secondary N) is 3. The van der Waals surface area contributed by atoms with Gasteiger partial charge >= 0.3 is 0 Å². The number of carbonyl (C=O) groups is 2. The molecule has 10 nitrogen and oxygen atoms in total. The molecule has 204 valence electrons. The number of morpholine rings is 1. The Morgan fingerprint density at radius 2 is 1.92 bits per heavy atom. The molecule has 1 atom stereocenters. The van der Waals surface area contributed by atoms with Crippen LogP contribution in [0.25, 0.3) is 21.8 Å². The first-order valence-corrected chi connectivity index (χ1v) is 13.6. The highest BCUT2D eigenvalue weighted by Gasteiger charge is 2.36. The lowest BCUT2D eigenvalue weighted by molar-refractivity contribution is 0.0299. The Bertz CT molecular complexity index is 1560. The molecule has 4 heterocycles. The predicted molar refractivity (Wildman–Crippen MR) is 150 cm³/mol. The Balaban J connectivity index is 1.33. The number of aromatic nitrogens is 2. The van der Waals surface area contributed by atoms with E-state index in [0.717, 1.165) is 28.8 Å². The standard InChI is InChI=1S/C28H30ClN5O5/c1-30-4-7-39-18-2-3-20-16(10-18)11-21(31-20)28(37)34-15-17(14-29)25-19-12-22(27(36)33-5-8-38-9-6-33)32-26(19)24(35)13-23(25)34/h2-3,10-13,17,30-32,35H,4-9,14-15H2,1H3/t17-/m1/s1. The Morgan fingerprint density at radius 1 is 1.13 bits per heavy atom. The number of aromatic amines is 2. The molecule has 2 aliphatic rings. The molecule has 4 N–H and O–H groups in total. The van der Waals surface area contributed by atoms with Crippen molar-refractivity contribution < 1.29 is 24.2 Å². The van der Waals surface area contributed by atoms with Gasteiger partial charge in [-0.15, -0.1) is 11.6 Å². The number of halogens is 1. The van der Waals surface area contributed by atoms with E-state index in [9.17, 15) is 14.7 Å². The van der Waals surface area contributed by atoms with Crippen molar-refractivity contribution in [3.8, 4) is 11.5 Å². The summed E-state index contributed by atoms with van der Waals surface area (Å²) in [4.78, 5) is 36.6. The summed E-state index contributed by atoms with van der Waals surface area (Å²) in [5.74, 6) is 0.450. The molecular formula is C28H30ClN5O5. The lowest BCUT2D eigenvalue weighted by Gasteiger charge is -2.26. The second-order valence-electron chi connectivity index (χ2n) is 9.86. The number of ether oxygens (including phenoxy) is 2. The van der Waals surface area contributed by atoms with Gasteiger partial charge in [0, 0.05) is 60.3 Å². The number of hydrogen-bond donors (Lipinski definition) is 4. The van der Waals surface area contributed by atoms with Crippen LogP contribution in [0.3, 0.4) is 0 Å². The van der Waals surface area contributed by atoms with E-state index in [1.54, 1.807) is 21.9 Å². The van der Waals surface area contributed by atoms with E-state index in [1.165, 1.54) is 0 Å². The minimum Gasteiger partial charge on any atom is -0.506 e. The number of likely N-dealkylation sites (N-methyl/N-ethyl adjacent to an activating group) is 1. The van der Waals surface area contributed by atoms with Gasteiger partial charge in [0.1, 0.15) is 29.5 Å². The SMILES string of the molecule is CNCCOc1ccc2[nH]c(C(=O)N3C[C@@H](CCl)c4c3cc(O)c3[nH]c(C(=O)N5CCOCC5)cc43)cc2c1. The second-order valence-corrected chi connectivity index (χ2v) is 10.2. The first-order chi connectivity index (χ1) is 19.0. The molecule has 1 fully saturated rings. The van der Waals surface area contributed by atoms with E-state index in [2.05, 4.69) is 15.3 Å². The van der Waals surface area contributed by atoms with Crippen LogP contribution in [0.1, 0.15) is 32.5 Å². The maximum absolute atomic E-state index is 13.8.